The minimum absolute atomic E-state index is 0.0858. The maximum absolute atomic E-state index is 13.1. The summed E-state index contributed by atoms with van der Waals surface area (Å²) in [6, 6.07) is 17.3. The van der Waals surface area contributed by atoms with Crippen molar-refractivity contribution >= 4 is 17.7 Å². The van der Waals surface area contributed by atoms with Crippen LogP contribution in [0.2, 0.25) is 0 Å². The fraction of sp³-hybridized carbons (Fsp3) is 0.364. The van der Waals surface area contributed by atoms with Crippen molar-refractivity contribution in [3.63, 3.8) is 0 Å². The van der Waals surface area contributed by atoms with Crippen molar-refractivity contribution < 1.29 is 19.1 Å². The zero-order valence-electron chi connectivity index (χ0n) is 16.1. The van der Waals surface area contributed by atoms with Crippen LogP contribution in [0.25, 0.3) is 0 Å². The van der Waals surface area contributed by atoms with Gasteiger partial charge in [0, 0.05) is 17.6 Å². The number of rotatable bonds is 4. The first-order valence-corrected chi connectivity index (χ1v) is 9.47. The molecule has 2 aliphatic heterocycles. The number of benzene rings is 2. The van der Waals surface area contributed by atoms with Crippen molar-refractivity contribution in [3.8, 4) is 0 Å². The molecule has 1 N–H and O–H groups in total. The summed E-state index contributed by atoms with van der Waals surface area (Å²) in [7, 11) is 1.37. The van der Waals surface area contributed by atoms with Gasteiger partial charge >= 0.3 is 12.1 Å². The van der Waals surface area contributed by atoms with Crippen molar-refractivity contribution in [1.29, 1.82) is 0 Å². The number of hydrogen-bond donors (Lipinski definition) is 1. The molecule has 0 aromatic heterocycles. The number of nitrogens with zero attached hydrogens (tertiary/aromatic N) is 1. The zero-order valence-corrected chi connectivity index (χ0v) is 16.1. The Morgan fingerprint density at radius 3 is 2.61 bits per heavy atom. The van der Waals surface area contributed by atoms with Crippen molar-refractivity contribution in [2.24, 2.45) is 0 Å². The van der Waals surface area contributed by atoms with Crippen molar-refractivity contribution in [1.82, 2.24) is 4.90 Å². The molecule has 28 heavy (non-hydrogen) atoms. The van der Waals surface area contributed by atoms with Gasteiger partial charge in [0.2, 0.25) is 0 Å². The van der Waals surface area contributed by atoms with Gasteiger partial charge in [0.15, 0.2) is 0 Å². The second-order valence-corrected chi connectivity index (χ2v) is 7.49. The lowest BCUT2D eigenvalue weighted by Gasteiger charge is -2.37. The molecule has 1 saturated heterocycles. The number of para-hydroxylation sites is 1. The lowest BCUT2D eigenvalue weighted by molar-refractivity contribution is -0.141. The molecule has 0 radical (unpaired) electrons. The van der Waals surface area contributed by atoms with Gasteiger partial charge in [-0.3, -0.25) is 9.69 Å². The average molecular weight is 380 g/mol. The maximum Gasteiger partial charge on any atom is 0.412 e. The van der Waals surface area contributed by atoms with Gasteiger partial charge < -0.3 is 14.8 Å². The molecule has 2 aliphatic rings. The van der Waals surface area contributed by atoms with E-state index in [0.717, 1.165) is 11.3 Å². The fourth-order valence-electron chi connectivity index (χ4n) is 4.50. The molecular formula is C22H24N2O4. The lowest BCUT2D eigenvalue weighted by Crippen LogP contribution is -2.54. The molecule has 1 fully saturated rings. The molecule has 4 rings (SSSR count). The molecule has 0 aliphatic carbocycles. The van der Waals surface area contributed by atoms with Gasteiger partial charge in [0.05, 0.1) is 13.5 Å². The number of methoxy groups -OCH3 is 1. The Morgan fingerprint density at radius 1 is 1.14 bits per heavy atom. The molecular weight excluding hydrogens is 356 g/mol. The minimum atomic E-state index is -0.643. The third kappa shape index (κ3) is 3.09. The van der Waals surface area contributed by atoms with E-state index in [2.05, 4.69) is 11.4 Å². The molecule has 146 valence electrons. The van der Waals surface area contributed by atoms with Crippen LogP contribution in [0, 0.1) is 0 Å². The number of nitrogens with one attached hydrogen (secondary N) is 1. The maximum atomic E-state index is 13.1. The molecule has 1 amide bonds. The Morgan fingerprint density at radius 2 is 1.86 bits per heavy atom. The number of carbonyl (C=O) groups excluding carboxylic acids is 2. The van der Waals surface area contributed by atoms with Crippen LogP contribution in [0.15, 0.2) is 54.6 Å². The number of ether oxygens (including phenoxy) is 2. The van der Waals surface area contributed by atoms with E-state index in [0.29, 0.717) is 6.42 Å². The molecule has 0 bridgehead atoms. The van der Waals surface area contributed by atoms with Gasteiger partial charge in [-0.2, -0.15) is 0 Å². The van der Waals surface area contributed by atoms with Crippen LogP contribution in [0.5, 0.6) is 0 Å². The first-order valence-electron chi connectivity index (χ1n) is 9.47. The van der Waals surface area contributed by atoms with Gasteiger partial charge in [0.1, 0.15) is 12.3 Å². The molecule has 2 heterocycles. The highest BCUT2D eigenvalue weighted by Gasteiger charge is 2.57. The van der Waals surface area contributed by atoms with Crippen LogP contribution < -0.4 is 5.32 Å². The Bertz CT molecular complexity index is 885. The van der Waals surface area contributed by atoms with E-state index in [1.807, 2.05) is 55.5 Å². The van der Waals surface area contributed by atoms with E-state index in [1.54, 1.807) is 4.90 Å². The number of carbonyl (C=O) groups is 2. The Balaban J connectivity index is 1.59. The van der Waals surface area contributed by atoms with E-state index < -0.39 is 11.8 Å². The Kier molecular flexibility index (Phi) is 4.71. The first kappa shape index (κ1) is 18.3. The summed E-state index contributed by atoms with van der Waals surface area (Å²) in [4.78, 5) is 26.8. The number of fused-ring (bicyclic) bond motifs is 3. The monoisotopic (exact) mass is 380 g/mol. The molecule has 2 unspecified atom stereocenters. The topological polar surface area (TPSA) is 67.9 Å². The predicted octanol–water partition coefficient (Wildman–Crippen LogP) is 3.89. The highest BCUT2D eigenvalue weighted by Crippen LogP contribution is 2.53. The second kappa shape index (κ2) is 7.19. The average Bonchev–Trinajstić information content (AvgIpc) is 3.14. The zero-order chi connectivity index (χ0) is 19.7. The van der Waals surface area contributed by atoms with Crippen LogP contribution in [0.1, 0.15) is 36.8 Å². The van der Waals surface area contributed by atoms with Gasteiger partial charge in [-0.1, -0.05) is 48.5 Å². The highest BCUT2D eigenvalue weighted by atomic mass is 16.6. The quantitative estimate of drug-likeness (QED) is 0.815. The normalized spacial score (nSPS) is 24.9. The SMILES string of the molecule is COC(=O)C[C@@H]1CC2c3ccccc3NC2(C)N1C(=O)OCc1ccccc1. The summed E-state index contributed by atoms with van der Waals surface area (Å²) in [5.41, 5.74) is 2.46. The summed E-state index contributed by atoms with van der Waals surface area (Å²) in [6.45, 7) is 2.19. The summed E-state index contributed by atoms with van der Waals surface area (Å²) in [6.07, 6.45) is 0.395. The van der Waals surface area contributed by atoms with Gasteiger partial charge in [-0.15, -0.1) is 0 Å². The molecule has 2 aromatic rings. The second-order valence-electron chi connectivity index (χ2n) is 7.49. The van der Waals surface area contributed by atoms with Crippen LogP contribution in [-0.2, 0) is 20.9 Å². The Hall–Kier alpha value is -3.02. The van der Waals surface area contributed by atoms with Crippen molar-refractivity contribution in [2.45, 2.75) is 44.0 Å². The third-order valence-electron chi connectivity index (χ3n) is 5.81. The van der Waals surface area contributed by atoms with E-state index in [1.165, 1.54) is 12.7 Å². The van der Waals surface area contributed by atoms with E-state index in [4.69, 9.17) is 9.47 Å². The first-order chi connectivity index (χ1) is 13.5. The van der Waals surface area contributed by atoms with Crippen LogP contribution in [0.3, 0.4) is 0 Å². The van der Waals surface area contributed by atoms with Crippen LogP contribution in [0.4, 0.5) is 10.5 Å². The number of hydrogen-bond acceptors (Lipinski definition) is 5. The van der Waals surface area contributed by atoms with Crippen LogP contribution >= 0.6 is 0 Å². The molecule has 3 atom stereocenters. The van der Waals surface area contributed by atoms with Crippen LogP contribution in [-0.4, -0.2) is 35.8 Å². The minimum Gasteiger partial charge on any atom is -0.469 e. The lowest BCUT2D eigenvalue weighted by atomic mass is 9.90. The smallest absolute Gasteiger partial charge is 0.412 e. The summed E-state index contributed by atoms with van der Waals surface area (Å²) >= 11 is 0. The van der Waals surface area contributed by atoms with E-state index >= 15 is 0 Å². The number of likely N-dealkylation sites (tertiary alicyclic amines) is 1. The standard InChI is InChI=1S/C22H24N2O4/c1-22-18(17-10-6-7-11-19(17)23-22)12-16(13-20(25)27-2)24(22)21(26)28-14-15-8-4-3-5-9-15/h3-11,16,18,23H,12-14H2,1-2H3/t16-,18?,22?/m0/s1. The largest absolute Gasteiger partial charge is 0.469 e. The van der Waals surface area contributed by atoms with Crippen molar-refractivity contribution in [2.75, 3.05) is 12.4 Å². The fourth-order valence-corrected chi connectivity index (χ4v) is 4.50. The number of amides is 1. The predicted molar refractivity (Wildman–Crippen MR) is 105 cm³/mol. The Labute approximate surface area is 164 Å². The number of anilines is 1. The summed E-state index contributed by atoms with van der Waals surface area (Å²) in [5, 5.41) is 3.50. The van der Waals surface area contributed by atoms with Gasteiger partial charge in [-0.25, -0.2) is 4.79 Å². The van der Waals surface area contributed by atoms with E-state index in [-0.39, 0.29) is 31.0 Å². The molecule has 6 heteroatoms. The highest BCUT2D eigenvalue weighted by molar-refractivity contribution is 5.76. The molecule has 2 aromatic carbocycles. The summed E-state index contributed by atoms with van der Waals surface area (Å²) < 4.78 is 10.5. The van der Waals surface area contributed by atoms with Gasteiger partial charge in [0.25, 0.3) is 0 Å². The molecule has 0 saturated carbocycles. The third-order valence-corrected chi connectivity index (χ3v) is 5.81. The molecule has 6 nitrogen and oxygen atoms in total. The molecule has 0 spiro atoms. The van der Waals surface area contributed by atoms with E-state index in [9.17, 15) is 9.59 Å². The van der Waals surface area contributed by atoms with Crippen molar-refractivity contribution in [3.05, 3.63) is 65.7 Å². The summed E-state index contributed by atoms with van der Waals surface area (Å²) in [5.74, 6) is -0.245. The van der Waals surface area contributed by atoms with Gasteiger partial charge in [-0.05, 0) is 30.5 Å². The number of esters is 1.